The summed E-state index contributed by atoms with van der Waals surface area (Å²) in [5, 5.41) is 4.09. The monoisotopic (exact) mass is 606 g/mol. The largest absolute Gasteiger partial charge is 0.493 e. The van der Waals surface area contributed by atoms with Crippen molar-refractivity contribution in [1.82, 2.24) is 5.43 Å². The summed E-state index contributed by atoms with van der Waals surface area (Å²) in [6.07, 6.45) is 2.40. The molecular weight excluding hydrogens is 578 g/mol. The van der Waals surface area contributed by atoms with Crippen LogP contribution in [-0.4, -0.2) is 32.4 Å². The standard InChI is InChI=1S/C27H28FIN2O5/c1-4-12-35-23-11-8-20(15-24(23)33-3)27(32)31-30-16-19-13-22(29)26(25(14-19)34-5-2)36-17-18-6-9-21(28)10-7-18/h6-11,13-16H,4-5,12,17H2,1-3H3,(H,31,32)/b30-16+. The van der Waals surface area contributed by atoms with Crippen LogP contribution >= 0.6 is 22.6 Å². The Bertz CT molecular complexity index is 1200. The minimum Gasteiger partial charge on any atom is -0.493 e. The second-order valence-corrected chi connectivity index (χ2v) is 8.75. The SMILES string of the molecule is CCCOc1ccc(C(=O)N/N=C/c2cc(I)c(OCc3ccc(F)cc3)c(OCC)c2)cc1OC. The first-order chi connectivity index (χ1) is 17.4. The number of hydrogen-bond acceptors (Lipinski definition) is 6. The Kier molecular flexibility index (Phi) is 10.3. The molecule has 1 amide bonds. The highest BCUT2D eigenvalue weighted by atomic mass is 127. The minimum atomic E-state index is -0.384. The number of carbonyl (C=O) groups is 1. The molecule has 0 radical (unpaired) electrons. The Morgan fingerprint density at radius 1 is 1.00 bits per heavy atom. The van der Waals surface area contributed by atoms with E-state index in [-0.39, 0.29) is 18.3 Å². The van der Waals surface area contributed by atoms with Crippen molar-refractivity contribution >= 4 is 34.7 Å². The summed E-state index contributed by atoms with van der Waals surface area (Å²) in [5.74, 6) is 1.51. The number of halogens is 2. The quantitative estimate of drug-likeness (QED) is 0.156. The summed E-state index contributed by atoms with van der Waals surface area (Å²) in [6.45, 7) is 5.17. The third-order valence-electron chi connectivity index (χ3n) is 4.90. The van der Waals surface area contributed by atoms with E-state index in [2.05, 4.69) is 33.1 Å². The van der Waals surface area contributed by atoms with Crippen LogP contribution in [0.4, 0.5) is 4.39 Å². The van der Waals surface area contributed by atoms with Gasteiger partial charge in [-0.3, -0.25) is 4.79 Å². The lowest BCUT2D eigenvalue weighted by Crippen LogP contribution is -2.17. The highest BCUT2D eigenvalue weighted by Gasteiger charge is 2.13. The molecule has 0 saturated heterocycles. The summed E-state index contributed by atoms with van der Waals surface area (Å²) < 4.78 is 36.6. The lowest BCUT2D eigenvalue weighted by atomic mass is 10.2. The molecule has 0 aliphatic carbocycles. The maximum absolute atomic E-state index is 13.2. The zero-order chi connectivity index (χ0) is 25.9. The van der Waals surface area contributed by atoms with Crippen LogP contribution in [0.2, 0.25) is 0 Å². The van der Waals surface area contributed by atoms with Crippen LogP contribution in [0.3, 0.4) is 0 Å². The maximum atomic E-state index is 13.2. The third-order valence-corrected chi connectivity index (χ3v) is 5.70. The van der Waals surface area contributed by atoms with Gasteiger partial charge in [-0.05, 0) is 89.5 Å². The Morgan fingerprint density at radius 2 is 1.78 bits per heavy atom. The predicted molar refractivity (Wildman–Crippen MR) is 145 cm³/mol. The molecule has 0 atom stereocenters. The van der Waals surface area contributed by atoms with Crippen LogP contribution in [0.1, 0.15) is 41.8 Å². The molecule has 0 spiro atoms. The zero-order valence-corrected chi connectivity index (χ0v) is 22.5. The van der Waals surface area contributed by atoms with E-state index in [9.17, 15) is 9.18 Å². The van der Waals surface area contributed by atoms with E-state index in [0.717, 1.165) is 21.1 Å². The van der Waals surface area contributed by atoms with Gasteiger partial charge in [0.2, 0.25) is 0 Å². The maximum Gasteiger partial charge on any atom is 0.271 e. The van der Waals surface area contributed by atoms with E-state index in [1.54, 1.807) is 36.4 Å². The van der Waals surface area contributed by atoms with Crippen LogP contribution in [-0.2, 0) is 6.61 Å². The van der Waals surface area contributed by atoms with Gasteiger partial charge in [0.25, 0.3) is 5.91 Å². The Morgan fingerprint density at radius 3 is 2.47 bits per heavy atom. The number of hydrazone groups is 1. The van der Waals surface area contributed by atoms with Gasteiger partial charge in [0, 0.05) is 5.56 Å². The molecule has 36 heavy (non-hydrogen) atoms. The van der Waals surface area contributed by atoms with Crippen LogP contribution in [0.5, 0.6) is 23.0 Å². The van der Waals surface area contributed by atoms with E-state index in [0.29, 0.717) is 41.8 Å². The number of nitrogens with one attached hydrogen (secondary N) is 1. The average Bonchev–Trinajstić information content (AvgIpc) is 2.88. The van der Waals surface area contributed by atoms with Gasteiger partial charge in [0.15, 0.2) is 23.0 Å². The summed E-state index contributed by atoms with van der Waals surface area (Å²) in [6, 6.07) is 14.7. The molecule has 3 aromatic carbocycles. The van der Waals surface area contributed by atoms with Crippen molar-refractivity contribution in [3.8, 4) is 23.0 Å². The summed E-state index contributed by atoms with van der Waals surface area (Å²) in [4.78, 5) is 12.6. The number of rotatable bonds is 12. The fourth-order valence-corrected chi connectivity index (χ4v) is 3.95. The van der Waals surface area contributed by atoms with Crippen molar-refractivity contribution in [2.75, 3.05) is 20.3 Å². The van der Waals surface area contributed by atoms with Gasteiger partial charge in [-0.15, -0.1) is 0 Å². The molecule has 3 aromatic rings. The molecule has 0 unspecified atom stereocenters. The predicted octanol–water partition coefficient (Wildman–Crippen LogP) is 5.97. The molecule has 0 saturated carbocycles. The highest BCUT2D eigenvalue weighted by Crippen LogP contribution is 2.34. The first-order valence-corrected chi connectivity index (χ1v) is 12.5. The molecule has 1 N–H and O–H groups in total. The summed E-state index contributed by atoms with van der Waals surface area (Å²) >= 11 is 2.15. The van der Waals surface area contributed by atoms with E-state index in [1.807, 2.05) is 19.9 Å². The van der Waals surface area contributed by atoms with E-state index in [4.69, 9.17) is 18.9 Å². The number of carbonyl (C=O) groups excluding carboxylic acids is 1. The number of benzene rings is 3. The second-order valence-electron chi connectivity index (χ2n) is 7.59. The van der Waals surface area contributed by atoms with Crippen molar-refractivity contribution in [3.05, 3.63) is 80.7 Å². The van der Waals surface area contributed by atoms with Gasteiger partial charge in [-0.2, -0.15) is 5.10 Å². The number of ether oxygens (including phenoxy) is 4. The number of amides is 1. The lowest BCUT2D eigenvalue weighted by molar-refractivity contribution is 0.0954. The first-order valence-electron chi connectivity index (χ1n) is 11.4. The second kappa shape index (κ2) is 13.7. The van der Waals surface area contributed by atoms with E-state index < -0.39 is 0 Å². The van der Waals surface area contributed by atoms with Crippen LogP contribution in [0.25, 0.3) is 0 Å². The van der Waals surface area contributed by atoms with Crippen molar-refractivity contribution in [1.29, 1.82) is 0 Å². The summed E-state index contributed by atoms with van der Waals surface area (Å²) in [7, 11) is 1.53. The minimum absolute atomic E-state index is 0.269. The molecule has 0 bridgehead atoms. The normalized spacial score (nSPS) is 10.8. The average molecular weight is 606 g/mol. The lowest BCUT2D eigenvalue weighted by Gasteiger charge is -2.15. The van der Waals surface area contributed by atoms with Crippen LogP contribution in [0.15, 0.2) is 59.7 Å². The van der Waals surface area contributed by atoms with Gasteiger partial charge in [-0.25, -0.2) is 9.82 Å². The molecule has 3 rings (SSSR count). The van der Waals surface area contributed by atoms with Gasteiger partial charge in [0.1, 0.15) is 12.4 Å². The fraction of sp³-hybridized carbons (Fsp3) is 0.259. The van der Waals surface area contributed by atoms with Crippen molar-refractivity contribution in [2.24, 2.45) is 5.10 Å². The molecule has 7 nitrogen and oxygen atoms in total. The smallest absolute Gasteiger partial charge is 0.271 e. The molecule has 9 heteroatoms. The fourth-order valence-electron chi connectivity index (χ4n) is 3.17. The molecule has 0 heterocycles. The van der Waals surface area contributed by atoms with Crippen molar-refractivity contribution < 1.29 is 28.1 Å². The van der Waals surface area contributed by atoms with Crippen molar-refractivity contribution in [3.63, 3.8) is 0 Å². The van der Waals surface area contributed by atoms with Gasteiger partial charge >= 0.3 is 0 Å². The van der Waals surface area contributed by atoms with Crippen molar-refractivity contribution in [2.45, 2.75) is 26.9 Å². The molecule has 0 aliphatic heterocycles. The zero-order valence-electron chi connectivity index (χ0n) is 20.3. The third kappa shape index (κ3) is 7.58. The Labute approximate surface area is 223 Å². The Balaban J connectivity index is 1.69. The first kappa shape index (κ1) is 27.3. The summed E-state index contributed by atoms with van der Waals surface area (Å²) in [5.41, 5.74) is 4.48. The van der Waals surface area contributed by atoms with Crippen LogP contribution in [0, 0.1) is 9.39 Å². The molecule has 0 fully saturated rings. The molecule has 190 valence electrons. The van der Waals surface area contributed by atoms with Gasteiger partial charge in [0.05, 0.1) is 30.1 Å². The number of hydrogen-bond donors (Lipinski definition) is 1. The highest BCUT2D eigenvalue weighted by molar-refractivity contribution is 14.1. The van der Waals surface area contributed by atoms with Gasteiger partial charge in [-0.1, -0.05) is 19.1 Å². The van der Waals surface area contributed by atoms with Gasteiger partial charge < -0.3 is 18.9 Å². The number of nitrogens with zero attached hydrogens (tertiary/aromatic N) is 1. The Hall–Kier alpha value is -3.34. The topological polar surface area (TPSA) is 78.4 Å². The molecule has 0 aliphatic rings. The molecular formula is C27H28FIN2O5. The van der Waals surface area contributed by atoms with E-state index >= 15 is 0 Å². The number of methoxy groups -OCH3 is 1. The van der Waals surface area contributed by atoms with E-state index in [1.165, 1.54) is 25.5 Å². The van der Waals surface area contributed by atoms with Crippen LogP contribution < -0.4 is 24.4 Å². The molecule has 0 aromatic heterocycles.